The van der Waals surface area contributed by atoms with Crippen LogP contribution in [-0.2, 0) is 17.5 Å². The number of fused-ring (bicyclic) bond motifs is 1. The topological polar surface area (TPSA) is 88.5 Å². The Morgan fingerprint density at radius 3 is 2.67 bits per heavy atom. The van der Waals surface area contributed by atoms with E-state index in [4.69, 9.17) is 5.73 Å². The number of hydrogen-bond acceptors (Lipinski definition) is 5. The van der Waals surface area contributed by atoms with Crippen LogP contribution in [0.25, 0.3) is 5.65 Å². The van der Waals surface area contributed by atoms with Crippen molar-refractivity contribution in [1.29, 1.82) is 0 Å². The maximum Gasteiger partial charge on any atom is 0.416 e. The van der Waals surface area contributed by atoms with E-state index in [0.717, 1.165) is 37.2 Å². The maximum atomic E-state index is 12.7. The number of hydrogen-bond donors (Lipinski definition) is 2. The van der Waals surface area contributed by atoms with Gasteiger partial charge in [0, 0.05) is 18.8 Å². The van der Waals surface area contributed by atoms with E-state index in [-0.39, 0.29) is 17.8 Å². The van der Waals surface area contributed by atoms with Gasteiger partial charge in [0.2, 0.25) is 11.9 Å². The molecule has 1 saturated heterocycles. The minimum atomic E-state index is -4.38. The fourth-order valence-electron chi connectivity index (χ4n) is 3.66. The van der Waals surface area contributed by atoms with E-state index in [1.54, 1.807) is 10.6 Å². The molecule has 1 aromatic carbocycles. The van der Waals surface area contributed by atoms with Crippen LogP contribution in [0.5, 0.6) is 0 Å². The van der Waals surface area contributed by atoms with Crippen molar-refractivity contribution < 1.29 is 18.0 Å². The van der Waals surface area contributed by atoms with E-state index >= 15 is 0 Å². The number of pyridine rings is 1. The quantitative estimate of drug-likeness (QED) is 0.664. The van der Waals surface area contributed by atoms with Crippen LogP contribution >= 0.6 is 0 Å². The molecule has 7 nitrogen and oxygen atoms in total. The molecule has 0 spiro atoms. The molecule has 30 heavy (non-hydrogen) atoms. The van der Waals surface area contributed by atoms with Crippen molar-refractivity contribution in [2.24, 2.45) is 11.7 Å². The van der Waals surface area contributed by atoms with Crippen LogP contribution < -0.4 is 11.1 Å². The lowest BCUT2D eigenvalue weighted by Crippen LogP contribution is -2.40. The molecule has 0 saturated carbocycles. The first kappa shape index (κ1) is 20.1. The molecule has 0 bridgehead atoms. The molecule has 1 amide bonds. The van der Waals surface area contributed by atoms with Crippen molar-refractivity contribution in [1.82, 2.24) is 19.5 Å². The number of carbonyl (C=O) groups is 1. The molecule has 3 heterocycles. The Kier molecular flexibility index (Phi) is 5.33. The second kappa shape index (κ2) is 7.94. The number of halogens is 3. The molecule has 1 atom stereocenters. The van der Waals surface area contributed by atoms with Crippen LogP contribution in [0.15, 0.2) is 42.5 Å². The average Bonchev–Trinajstić information content (AvgIpc) is 3.11. The highest BCUT2D eigenvalue weighted by molar-refractivity contribution is 5.76. The molecule has 3 aromatic rings. The van der Waals surface area contributed by atoms with Gasteiger partial charge in [-0.15, -0.1) is 5.10 Å². The van der Waals surface area contributed by atoms with Gasteiger partial charge in [-0.25, -0.2) is 4.52 Å². The van der Waals surface area contributed by atoms with Gasteiger partial charge in [0.25, 0.3) is 0 Å². The number of anilines is 2. The van der Waals surface area contributed by atoms with Crippen LogP contribution in [0.1, 0.15) is 24.1 Å². The summed E-state index contributed by atoms with van der Waals surface area (Å²) in [6.07, 6.45) is -2.67. The summed E-state index contributed by atoms with van der Waals surface area (Å²) in [5.41, 5.74) is 6.71. The van der Waals surface area contributed by atoms with Crippen LogP contribution in [0.4, 0.5) is 24.8 Å². The zero-order chi connectivity index (χ0) is 21.3. The van der Waals surface area contributed by atoms with Gasteiger partial charge in [-0.3, -0.25) is 9.69 Å². The first-order chi connectivity index (χ1) is 14.3. The number of rotatable bonds is 5. The Balaban J connectivity index is 1.51. The number of nitrogens with zero attached hydrogens (tertiary/aromatic N) is 4. The van der Waals surface area contributed by atoms with Crippen molar-refractivity contribution in [3.05, 3.63) is 53.7 Å². The number of carbonyl (C=O) groups excluding carboxylic acids is 1. The van der Waals surface area contributed by atoms with Crippen LogP contribution in [-0.4, -0.2) is 38.5 Å². The summed E-state index contributed by atoms with van der Waals surface area (Å²) in [5.74, 6) is -0.136. The molecule has 1 aliphatic rings. The van der Waals surface area contributed by atoms with Gasteiger partial charge in [0.15, 0.2) is 5.65 Å². The van der Waals surface area contributed by atoms with E-state index in [2.05, 4.69) is 20.3 Å². The van der Waals surface area contributed by atoms with E-state index in [1.165, 1.54) is 12.1 Å². The highest BCUT2D eigenvalue weighted by Gasteiger charge is 2.30. The number of nitrogens with two attached hydrogens (primary N) is 1. The van der Waals surface area contributed by atoms with Gasteiger partial charge in [0.1, 0.15) is 0 Å². The van der Waals surface area contributed by atoms with Gasteiger partial charge in [-0.05, 0) is 55.8 Å². The molecule has 1 unspecified atom stereocenters. The van der Waals surface area contributed by atoms with E-state index < -0.39 is 11.7 Å². The smallest absolute Gasteiger partial charge is 0.369 e. The molecule has 0 aliphatic carbocycles. The van der Waals surface area contributed by atoms with Gasteiger partial charge in [-0.2, -0.15) is 18.2 Å². The van der Waals surface area contributed by atoms with Crippen LogP contribution in [0.2, 0.25) is 0 Å². The molecule has 10 heteroatoms. The lowest BCUT2D eigenvalue weighted by molar-refractivity contribution is -0.137. The predicted octanol–water partition coefficient (Wildman–Crippen LogP) is 3.19. The van der Waals surface area contributed by atoms with Crippen molar-refractivity contribution in [3.8, 4) is 0 Å². The lowest BCUT2D eigenvalue weighted by atomic mass is 9.97. The Labute approximate surface area is 170 Å². The third-order valence-corrected chi connectivity index (χ3v) is 5.20. The highest BCUT2D eigenvalue weighted by atomic mass is 19.4. The van der Waals surface area contributed by atoms with Gasteiger partial charge in [-0.1, -0.05) is 6.07 Å². The SMILES string of the molecule is NC(=O)C1CCCN(Cc2cccc3nc(Nc4ccc(C(F)(F)F)cc4)nn23)C1. The molecule has 2 aromatic heterocycles. The molecule has 0 radical (unpaired) electrons. The summed E-state index contributed by atoms with van der Waals surface area (Å²) >= 11 is 0. The second-order valence-corrected chi connectivity index (χ2v) is 7.40. The van der Waals surface area contributed by atoms with E-state index in [1.807, 2.05) is 12.1 Å². The Hall–Kier alpha value is -3.14. The number of likely N-dealkylation sites (tertiary alicyclic amines) is 1. The largest absolute Gasteiger partial charge is 0.416 e. The standard InChI is InChI=1S/C20H21F3N6O/c21-20(22,23)14-6-8-15(9-7-14)25-19-26-17-5-1-4-16(29(17)27-19)12-28-10-2-3-13(11-28)18(24)30/h1,4-9,13H,2-3,10-12H2,(H2,24,30)(H,25,27). The number of alkyl halides is 3. The summed E-state index contributed by atoms with van der Waals surface area (Å²) in [4.78, 5) is 18.1. The zero-order valence-electron chi connectivity index (χ0n) is 16.1. The van der Waals surface area contributed by atoms with Gasteiger partial charge >= 0.3 is 6.18 Å². The predicted molar refractivity (Wildman–Crippen MR) is 105 cm³/mol. The van der Waals surface area contributed by atoms with Crippen molar-refractivity contribution >= 4 is 23.2 Å². The summed E-state index contributed by atoms with van der Waals surface area (Å²) < 4.78 is 39.8. The fourth-order valence-corrected chi connectivity index (χ4v) is 3.66. The third-order valence-electron chi connectivity index (χ3n) is 5.20. The number of aromatic nitrogens is 3. The second-order valence-electron chi connectivity index (χ2n) is 7.40. The molecule has 1 fully saturated rings. The van der Waals surface area contributed by atoms with E-state index in [9.17, 15) is 18.0 Å². The maximum absolute atomic E-state index is 12.7. The van der Waals surface area contributed by atoms with Crippen molar-refractivity contribution in [3.63, 3.8) is 0 Å². The molecular formula is C20H21F3N6O. The molecular weight excluding hydrogens is 397 g/mol. The van der Waals surface area contributed by atoms with E-state index in [0.29, 0.717) is 24.4 Å². The third kappa shape index (κ3) is 4.38. The monoisotopic (exact) mass is 418 g/mol. The molecule has 3 N–H and O–H groups in total. The highest BCUT2D eigenvalue weighted by Crippen LogP contribution is 2.30. The zero-order valence-corrected chi connectivity index (χ0v) is 16.1. The van der Waals surface area contributed by atoms with Crippen molar-refractivity contribution in [2.75, 3.05) is 18.4 Å². The number of nitrogens with one attached hydrogen (secondary N) is 1. The summed E-state index contributed by atoms with van der Waals surface area (Å²) in [6.45, 7) is 2.06. The minimum absolute atomic E-state index is 0.148. The summed E-state index contributed by atoms with van der Waals surface area (Å²) in [6, 6.07) is 10.3. The van der Waals surface area contributed by atoms with Gasteiger partial charge < -0.3 is 11.1 Å². The number of benzene rings is 1. The lowest BCUT2D eigenvalue weighted by Gasteiger charge is -2.31. The first-order valence-corrected chi connectivity index (χ1v) is 9.60. The molecule has 158 valence electrons. The van der Waals surface area contributed by atoms with Crippen molar-refractivity contribution in [2.45, 2.75) is 25.6 Å². The number of primary amides is 1. The van der Waals surface area contributed by atoms with Crippen LogP contribution in [0, 0.1) is 5.92 Å². The summed E-state index contributed by atoms with van der Waals surface area (Å²) in [5, 5.41) is 7.39. The minimum Gasteiger partial charge on any atom is -0.369 e. The average molecular weight is 418 g/mol. The number of amides is 1. The Bertz CT molecular complexity index is 1050. The molecule has 4 rings (SSSR count). The first-order valence-electron chi connectivity index (χ1n) is 9.60. The van der Waals surface area contributed by atoms with Crippen LogP contribution in [0.3, 0.4) is 0 Å². The normalized spacial score (nSPS) is 17.9. The Morgan fingerprint density at radius 1 is 1.20 bits per heavy atom. The summed E-state index contributed by atoms with van der Waals surface area (Å²) in [7, 11) is 0. The Morgan fingerprint density at radius 2 is 1.97 bits per heavy atom. The van der Waals surface area contributed by atoms with Gasteiger partial charge in [0.05, 0.1) is 17.2 Å². The fraction of sp³-hybridized carbons (Fsp3) is 0.350. The number of piperidine rings is 1. The molecule has 1 aliphatic heterocycles.